The maximum absolute atomic E-state index is 13.4. The van der Waals surface area contributed by atoms with E-state index < -0.39 is 10.0 Å². The van der Waals surface area contributed by atoms with E-state index in [4.69, 9.17) is 0 Å². The van der Waals surface area contributed by atoms with Crippen LogP contribution in [0.1, 0.15) is 28.8 Å². The number of aromatic nitrogens is 1. The van der Waals surface area contributed by atoms with Crippen LogP contribution < -0.4 is 10.0 Å². The number of hydrogen-bond acceptors (Lipinski definition) is 5. The van der Waals surface area contributed by atoms with Gasteiger partial charge in [0, 0.05) is 37.4 Å². The number of likely N-dealkylation sites (tertiary alicyclic amines) is 1. The van der Waals surface area contributed by atoms with Gasteiger partial charge in [0.15, 0.2) is 0 Å². The number of rotatable bonds is 7. The SMILES string of the molecule is CNS(=O)(=O)c1ccc(CN2CCC(NC(=O)c3ccc(-c4cccc(F)c4)nc3)CC2)cc1. The van der Waals surface area contributed by atoms with Crippen LogP contribution in [0.25, 0.3) is 11.3 Å². The number of nitrogens with zero attached hydrogens (tertiary/aromatic N) is 2. The number of pyridine rings is 1. The molecule has 178 valence electrons. The molecule has 0 atom stereocenters. The van der Waals surface area contributed by atoms with Gasteiger partial charge in [-0.05, 0) is 61.9 Å². The van der Waals surface area contributed by atoms with E-state index in [-0.39, 0.29) is 22.7 Å². The van der Waals surface area contributed by atoms with E-state index >= 15 is 0 Å². The van der Waals surface area contributed by atoms with E-state index in [1.54, 1.807) is 36.4 Å². The van der Waals surface area contributed by atoms with E-state index in [1.807, 2.05) is 12.1 Å². The molecule has 34 heavy (non-hydrogen) atoms. The molecule has 0 aliphatic carbocycles. The second kappa shape index (κ2) is 10.4. The maximum Gasteiger partial charge on any atom is 0.253 e. The number of amides is 1. The van der Waals surface area contributed by atoms with Crippen molar-refractivity contribution in [1.29, 1.82) is 0 Å². The molecule has 1 fully saturated rings. The average Bonchev–Trinajstić information content (AvgIpc) is 2.85. The monoisotopic (exact) mass is 482 g/mol. The van der Waals surface area contributed by atoms with Gasteiger partial charge in [-0.25, -0.2) is 17.5 Å². The lowest BCUT2D eigenvalue weighted by atomic mass is 10.0. The van der Waals surface area contributed by atoms with Crippen molar-refractivity contribution in [3.63, 3.8) is 0 Å². The van der Waals surface area contributed by atoms with Crippen molar-refractivity contribution >= 4 is 15.9 Å². The zero-order valence-corrected chi connectivity index (χ0v) is 19.7. The van der Waals surface area contributed by atoms with Gasteiger partial charge < -0.3 is 5.32 Å². The third kappa shape index (κ3) is 5.85. The Morgan fingerprint density at radius 3 is 2.44 bits per heavy atom. The van der Waals surface area contributed by atoms with E-state index in [0.717, 1.165) is 38.0 Å². The van der Waals surface area contributed by atoms with Crippen LogP contribution in [-0.4, -0.2) is 50.4 Å². The highest BCUT2D eigenvalue weighted by Gasteiger charge is 2.21. The molecule has 9 heteroatoms. The van der Waals surface area contributed by atoms with Crippen molar-refractivity contribution in [3.8, 4) is 11.3 Å². The summed E-state index contributed by atoms with van der Waals surface area (Å²) in [5.74, 6) is -0.496. The molecule has 1 saturated heterocycles. The van der Waals surface area contributed by atoms with Gasteiger partial charge >= 0.3 is 0 Å². The van der Waals surface area contributed by atoms with Crippen molar-refractivity contribution in [2.75, 3.05) is 20.1 Å². The molecule has 1 aromatic heterocycles. The van der Waals surface area contributed by atoms with Crippen LogP contribution >= 0.6 is 0 Å². The number of halogens is 1. The summed E-state index contributed by atoms with van der Waals surface area (Å²) in [6.45, 7) is 2.39. The molecule has 7 nitrogen and oxygen atoms in total. The van der Waals surface area contributed by atoms with Gasteiger partial charge in [-0.2, -0.15) is 0 Å². The number of hydrogen-bond donors (Lipinski definition) is 2. The van der Waals surface area contributed by atoms with Crippen LogP contribution in [0, 0.1) is 5.82 Å². The molecule has 0 saturated carbocycles. The average molecular weight is 483 g/mol. The van der Waals surface area contributed by atoms with Gasteiger partial charge in [0.25, 0.3) is 5.91 Å². The summed E-state index contributed by atoms with van der Waals surface area (Å²) in [5, 5.41) is 3.08. The van der Waals surface area contributed by atoms with Crippen LogP contribution in [0.2, 0.25) is 0 Å². The Labute approximate surface area is 199 Å². The van der Waals surface area contributed by atoms with E-state index in [0.29, 0.717) is 16.8 Å². The fourth-order valence-corrected chi connectivity index (χ4v) is 4.73. The molecule has 0 bridgehead atoms. The largest absolute Gasteiger partial charge is 0.349 e. The first-order chi connectivity index (χ1) is 16.3. The van der Waals surface area contributed by atoms with Gasteiger partial charge in [0.2, 0.25) is 10.0 Å². The molecule has 1 aliphatic rings. The topological polar surface area (TPSA) is 91.4 Å². The van der Waals surface area contributed by atoms with Crippen molar-refractivity contribution < 1.29 is 17.6 Å². The number of piperidine rings is 1. The fourth-order valence-electron chi connectivity index (χ4n) is 4.00. The van der Waals surface area contributed by atoms with Gasteiger partial charge in [-0.1, -0.05) is 24.3 Å². The minimum atomic E-state index is -3.43. The predicted octanol–water partition coefficient (Wildman–Crippen LogP) is 3.19. The van der Waals surface area contributed by atoms with Crippen LogP contribution in [0.3, 0.4) is 0 Å². The van der Waals surface area contributed by atoms with Gasteiger partial charge in [-0.3, -0.25) is 14.7 Å². The van der Waals surface area contributed by atoms with Crippen LogP contribution in [0.4, 0.5) is 4.39 Å². The Hall–Kier alpha value is -3.14. The Bertz CT molecular complexity index is 1240. The summed E-state index contributed by atoms with van der Waals surface area (Å²) < 4.78 is 39.4. The van der Waals surface area contributed by atoms with E-state index in [9.17, 15) is 17.6 Å². The molecule has 1 amide bonds. The molecule has 3 aromatic rings. The molecule has 0 radical (unpaired) electrons. The summed E-state index contributed by atoms with van der Waals surface area (Å²) in [7, 11) is -2.04. The molecule has 4 rings (SSSR count). The molecule has 2 heterocycles. The van der Waals surface area contributed by atoms with Crippen LogP contribution in [-0.2, 0) is 16.6 Å². The highest BCUT2D eigenvalue weighted by Crippen LogP contribution is 2.19. The normalized spacial score (nSPS) is 15.2. The maximum atomic E-state index is 13.4. The standard InChI is InChI=1S/C25H27FN4O3S/c1-27-34(32,33)23-8-5-18(6-9-23)17-30-13-11-22(12-14-30)29-25(31)20-7-10-24(28-16-20)19-3-2-4-21(26)15-19/h2-10,15-16,22,27H,11-14,17H2,1H3,(H,29,31). The number of benzene rings is 2. The third-order valence-electron chi connectivity index (χ3n) is 5.98. The molecule has 0 spiro atoms. The lowest BCUT2D eigenvalue weighted by Crippen LogP contribution is -2.44. The Kier molecular flexibility index (Phi) is 7.35. The third-order valence-corrected chi connectivity index (χ3v) is 7.41. The summed E-state index contributed by atoms with van der Waals surface area (Å²) in [5.41, 5.74) is 2.79. The molecule has 2 N–H and O–H groups in total. The molecule has 0 unspecified atom stereocenters. The molecule has 1 aliphatic heterocycles. The lowest BCUT2D eigenvalue weighted by Gasteiger charge is -2.32. The zero-order valence-electron chi connectivity index (χ0n) is 18.9. The number of carbonyl (C=O) groups is 1. The summed E-state index contributed by atoms with van der Waals surface area (Å²) in [6.07, 6.45) is 3.17. The minimum absolute atomic E-state index is 0.0785. The van der Waals surface area contributed by atoms with Crippen molar-refractivity contribution in [1.82, 2.24) is 19.9 Å². The quantitative estimate of drug-likeness (QED) is 0.540. The molecular weight excluding hydrogens is 455 g/mol. The highest BCUT2D eigenvalue weighted by atomic mass is 32.2. The van der Waals surface area contributed by atoms with Crippen molar-refractivity contribution in [3.05, 3.63) is 83.8 Å². The number of nitrogens with one attached hydrogen (secondary N) is 2. The first kappa shape index (κ1) is 24.0. The summed E-state index contributed by atoms with van der Waals surface area (Å²) in [4.78, 5) is 19.5. The Morgan fingerprint density at radius 2 is 1.82 bits per heavy atom. The minimum Gasteiger partial charge on any atom is -0.349 e. The fraction of sp³-hybridized carbons (Fsp3) is 0.280. The van der Waals surface area contributed by atoms with Crippen molar-refractivity contribution in [2.24, 2.45) is 0 Å². The molecule has 2 aromatic carbocycles. The van der Waals surface area contributed by atoms with Crippen molar-refractivity contribution in [2.45, 2.75) is 30.3 Å². The van der Waals surface area contributed by atoms with Crippen LogP contribution in [0.15, 0.2) is 71.8 Å². The van der Waals surface area contributed by atoms with Gasteiger partial charge in [-0.15, -0.1) is 0 Å². The summed E-state index contributed by atoms with van der Waals surface area (Å²) >= 11 is 0. The van der Waals surface area contributed by atoms with E-state index in [1.165, 1.54) is 25.4 Å². The zero-order chi connectivity index (χ0) is 24.1. The van der Waals surface area contributed by atoms with Gasteiger partial charge in [0.1, 0.15) is 5.82 Å². The Balaban J connectivity index is 1.27. The Morgan fingerprint density at radius 1 is 1.09 bits per heavy atom. The first-order valence-corrected chi connectivity index (χ1v) is 12.6. The number of sulfonamides is 1. The lowest BCUT2D eigenvalue weighted by molar-refractivity contribution is 0.0908. The second-order valence-electron chi connectivity index (χ2n) is 8.32. The van der Waals surface area contributed by atoms with Gasteiger partial charge in [0.05, 0.1) is 16.2 Å². The van der Waals surface area contributed by atoms with Crippen LogP contribution in [0.5, 0.6) is 0 Å². The number of carbonyl (C=O) groups excluding carboxylic acids is 1. The smallest absolute Gasteiger partial charge is 0.253 e. The second-order valence-corrected chi connectivity index (χ2v) is 10.2. The molecular formula is C25H27FN4O3S. The predicted molar refractivity (Wildman–Crippen MR) is 128 cm³/mol. The van der Waals surface area contributed by atoms with E-state index in [2.05, 4.69) is 19.9 Å². The first-order valence-electron chi connectivity index (χ1n) is 11.1. The highest BCUT2D eigenvalue weighted by molar-refractivity contribution is 7.89. The summed E-state index contributed by atoms with van der Waals surface area (Å²) in [6, 6.07) is 16.6.